The van der Waals surface area contributed by atoms with Crippen molar-refractivity contribution < 1.29 is 24.3 Å². The Kier molecular flexibility index (Phi) is 16.3. The molecule has 0 aliphatic heterocycles. The molecule has 39 heavy (non-hydrogen) atoms. The number of carbonyl (C=O) groups excluding carboxylic acids is 2. The number of benzene rings is 1. The lowest BCUT2D eigenvalue weighted by molar-refractivity contribution is -0.757. The van der Waals surface area contributed by atoms with Crippen molar-refractivity contribution in [3.8, 4) is 0 Å². The molecule has 0 spiro atoms. The average molecular weight is 543 g/mol. The van der Waals surface area contributed by atoms with Crippen molar-refractivity contribution in [1.82, 2.24) is 5.32 Å². The van der Waals surface area contributed by atoms with E-state index >= 15 is 0 Å². The Morgan fingerprint density at radius 3 is 2.69 bits per heavy atom. The van der Waals surface area contributed by atoms with Crippen LogP contribution in [0.4, 0.5) is 0 Å². The van der Waals surface area contributed by atoms with Gasteiger partial charge in [0.1, 0.15) is 6.10 Å². The summed E-state index contributed by atoms with van der Waals surface area (Å²) in [5.41, 5.74) is 1.22. The summed E-state index contributed by atoms with van der Waals surface area (Å²) in [6, 6.07) is 10.2. The maximum absolute atomic E-state index is 12.5. The monoisotopic (exact) mass is 542 g/mol. The molecule has 216 valence electrons. The van der Waals surface area contributed by atoms with Crippen LogP contribution in [0.2, 0.25) is 0 Å². The molecule has 1 aliphatic carbocycles. The highest BCUT2D eigenvalue weighted by Gasteiger charge is 2.24. The second-order valence-electron chi connectivity index (χ2n) is 10.2. The SMILES string of the molecule is CCNC(=O)CCC/C=C\C[C@H]1CCC[C@@H]1/C=C/[C@H](CCc1ccccc1)OC(=O)CCCCCO[N+](=O)[O-]. The van der Waals surface area contributed by atoms with Crippen LogP contribution in [0.1, 0.15) is 89.5 Å². The Labute approximate surface area is 233 Å². The number of unbranched alkanes of at least 4 members (excludes halogenated alkanes) is 3. The molecule has 0 aromatic heterocycles. The van der Waals surface area contributed by atoms with E-state index in [2.05, 4.69) is 46.6 Å². The molecule has 8 heteroatoms. The van der Waals surface area contributed by atoms with Gasteiger partial charge in [0, 0.05) is 19.4 Å². The first-order valence-corrected chi connectivity index (χ1v) is 14.6. The molecular weight excluding hydrogens is 496 g/mol. The fourth-order valence-corrected chi connectivity index (χ4v) is 5.00. The van der Waals surface area contributed by atoms with Crippen LogP contribution < -0.4 is 5.32 Å². The molecule has 0 bridgehead atoms. The maximum atomic E-state index is 12.5. The minimum atomic E-state index is -0.792. The highest BCUT2D eigenvalue weighted by atomic mass is 16.9. The van der Waals surface area contributed by atoms with Crippen molar-refractivity contribution >= 4 is 11.9 Å². The molecule has 1 saturated carbocycles. The molecule has 2 rings (SSSR count). The maximum Gasteiger partial charge on any atom is 0.306 e. The van der Waals surface area contributed by atoms with Gasteiger partial charge in [-0.05, 0) is 88.2 Å². The Bertz CT molecular complexity index is 902. The van der Waals surface area contributed by atoms with E-state index in [1.165, 1.54) is 18.4 Å². The first kappa shape index (κ1) is 32.1. The van der Waals surface area contributed by atoms with Gasteiger partial charge in [-0.2, -0.15) is 0 Å². The highest BCUT2D eigenvalue weighted by molar-refractivity contribution is 5.75. The van der Waals surface area contributed by atoms with Crippen LogP contribution in [0.3, 0.4) is 0 Å². The number of rotatable bonds is 20. The van der Waals surface area contributed by atoms with Crippen LogP contribution in [-0.2, 0) is 25.6 Å². The topological polar surface area (TPSA) is 108 Å². The summed E-state index contributed by atoms with van der Waals surface area (Å²) in [6.45, 7) is 2.67. The molecule has 0 unspecified atom stereocenters. The summed E-state index contributed by atoms with van der Waals surface area (Å²) >= 11 is 0. The quantitative estimate of drug-likeness (QED) is 0.0660. The minimum Gasteiger partial charge on any atom is -0.458 e. The molecule has 1 N–H and O–H groups in total. The summed E-state index contributed by atoms with van der Waals surface area (Å²) in [4.78, 5) is 38.6. The van der Waals surface area contributed by atoms with E-state index in [9.17, 15) is 19.7 Å². The predicted octanol–water partition coefficient (Wildman–Crippen LogP) is 6.52. The lowest BCUT2D eigenvalue weighted by Crippen LogP contribution is -2.21. The second kappa shape index (κ2) is 19.8. The number of aryl methyl sites for hydroxylation is 1. The Morgan fingerprint density at radius 2 is 1.92 bits per heavy atom. The van der Waals surface area contributed by atoms with Gasteiger partial charge in [-0.1, -0.05) is 61.4 Å². The number of esters is 1. The van der Waals surface area contributed by atoms with E-state index in [0.29, 0.717) is 50.5 Å². The van der Waals surface area contributed by atoms with Crippen molar-refractivity contribution in [3.05, 3.63) is 70.3 Å². The van der Waals surface area contributed by atoms with Crippen molar-refractivity contribution in [2.24, 2.45) is 11.8 Å². The molecule has 0 radical (unpaired) electrons. The van der Waals surface area contributed by atoms with Gasteiger partial charge < -0.3 is 14.9 Å². The number of nitrogens with zero attached hydrogens (tertiary/aromatic N) is 1. The molecule has 1 aromatic carbocycles. The zero-order chi connectivity index (χ0) is 28.1. The number of hydrogen-bond donors (Lipinski definition) is 1. The van der Waals surface area contributed by atoms with Crippen LogP contribution in [-0.4, -0.2) is 36.2 Å². The summed E-state index contributed by atoms with van der Waals surface area (Å²) < 4.78 is 5.86. The summed E-state index contributed by atoms with van der Waals surface area (Å²) in [5.74, 6) is 0.959. The fourth-order valence-electron chi connectivity index (χ4n) is 5.00. The number of ether oxygens (including phenoxy) is 1. The van der Waals surface area contributed by atoms with Crippen molar-refractivity contribution in [1.29, 1.82) is 0 Å². The fraction of sp³-hybridized carbons (Fsp3) is 0.613. The number of nitrogens with one attached hydrogen (secondary N) is 1. The molecule has 8 nitrogen and oxygen atoms in total. The summed E-state index contributed by atoms with van der Waals surface area (Å²) in [7, 11) is 0. The highest BCUT2D eigenvalue weighted by Crippen LogP contribution is 2.35. The van der Waals surface area contributed by atoms with E-state index in [0.717, 1.165) is 38.5 Å². The van der Waals surface area contributed by atoms with Crippen LogP contribution in [0.25, 0.3) is 0 Å². The first-order valence-electron chi connectivity index (χ1n) is 14.6. The minimum absolute atomic E-state index is 0.0539. The normalized spacial score (nSPS) is 17.9. The average Bonchev–Trinajstić information content (AvgIpc) is 3.37. The second-order valence-corrected chi connectivity index (χ2v) is 10.2. The molecular formula is C31H46N2O6. The van der Waals surface area contributed by atoms with E-state index in [1.807, 2.05) is 25.1 Å². The zero-order valence-electron chi connectivity index (χ0n) is 23.4. The standard InChI is InChI=1S/C31H46N2O6/c1-2-32-30(34)19-10-4-3-9-16-27-17-13-18-28(27)22-24-29(23-21-26-14-7-5-8-15-26)39-31(35)20-11-6-12-25-38-33(36)37/h3,5,7-9,14-15,22,24,27-29H,2,4,6,10-13,16-21,23,25H2,1H3,(H,32,34)/b9-3-,24-22+/t27-,28+,29-/m0/s1. The van der Waals surface area contributed by atoms with E-state index in [-0.39, 0.29) is 24.6 Å². The third-order valence-corrected chi connectivity index (χ3v) is 7.11. The Morgan fingerprint density at radius 1 is 1.10 bits per heavy atom. The smallest absolute Gasteiger partial charge is 0.306 e. The van der Waals surface area contributed by atoms with Gasteiger partial charge >= 0.3 is 5.97 Å². The van der Waals surface area contributed by atoms with Crippen LogP contribution in [0, 0.1) is 22.0 Å². The third kappa shape index (κ3) is 15.1. The summed E-state index contributed by atoms with van der Waals surface area (Å²) in [5, 5.41) is 12.3. The third-order valence-electron chi connectivity index (χ3n) is 7.11. The Balaban J connectivity index is 1.83. The zero-order valence-corrected chi connectivity index (χ0v) is 23.4. The number of hydrogen-bond acceptors (Lipinski definition) is 6. The Hall–Kier alpha value is -3.16. The van der Waals surface area contributed by atoms with Crippen LogP contribution >= 0.6 is 0 Å². The number of carbonyl (C=O) groups is 2. The van der Waals surface area contributed by atoms with Crippen molar-refractivity contribution in [2.45, 2.75) is 96.5 Å². The molecule has 0 saturated heterocycles. The lowest BCUT2D eigenvalue weighted by Gasteiger charge is -2.18. The summed E-state index contributed by atoms with van der Waals surface area (Å²) in [6.07, 6.45) is 19.2. The van der Waals surface area contributed by atoms with Gasteiger partial charge in [-0.3, -0.25) is 9.59 Å². The molecule has 1 aliphatic rings. The van der Waals surface area contributed by atoms with Gasteiger partial charge in [0.2, 0.25) is 5.91 Å². The molecule has 1 fully saturated rings. The van der Waals surface area contributed by atoms with Crippen LogP contribution in [0.15, 0.2) is 54.6 Å². The first-order chi connectivity index (χ1) is 19.0. The van der Waals surface area contributed by atoms with E-state index in [1.54, 1.807) is 0 Å². The van der Waals surface area contributed by atoms with Crippen LogP contribution in [0.5, 0.6) is 0 Å². The van der Waals surface area contributed by atoms with Gasteiger partial charge in [-0.15, -0.1) is 10.1 Å². The van der Waals surface area contributed by atoms with Gasteiger partial charge in [-0.25, -0.2) is 0 Å². The van der Waals surface area contributed by atoms with Crippen molar-refractivity contribution in [2.75, 3.05) is 13.2 Å². The van der Waals surface area contributed by atoms with Crippen molar-refractivity contribution in [3.63, 3.8) is 0 Å². The number of allylic oxidation sites excluding steroid dienone is 3. The van der Waals surface area contributed by atoms with Gasteiger partial charge in [0.25, 0.3) is 5.09 Å². The molecule has 3 atom stereocenters. The van der Waals surface area contributed by atoms with E-state index < -0.39 is 5.09 Å². The lowest BCUT2D eigenvalue weighted by atomic mass is 9.91. The predicted molar refractivity (Wildman–Crippen MR) is 152 cm³/mol. The van der Waals surface area contributed by atoms with Gasteiger partial charge in [0.05, 0.1) is 6.61 Å². The molecule has 0 heterocycles. The molecule has 1 aromatic rings. The van der Waals surface area contributed by atoms with Gasteiger partial charge in [0.15, 0.2) is 0 Å². The molecule has 1 amide bonds. The number of amides is 1. The largest absolute Gasteiger partial charge is 0.458 e. The van der Waals surface area contributed by atoms with E-state index in [4.69, 9.17) is 4.74 Å².